The zero-order valence-corrected chi connectivity index (χ0v) is 15.3. The first kappa shape index (κ1) is 18.9. The fourth-order valence-corrected chi connectivity index (χ4v) is 3.04. The van der Waals surface area contributed by atoms with Crippen molar-refractivity contribution < 1.29 is 13.2 Å². The standard InChI is InChI=1S/C13H19N3O3S3/c1-15(2)13(20)21-9-12(17)14-10-5-7-11(8-6-10)22(18,19)16(3)4/h5-8H,9H2,1-4H3,(H,14,17). The van der Waals surface area contributed by atoms with Gasteiger partial charge in [0.05, 0.1) is 10.6 Å². The highest BCUT2D eigenvalue weighted by molar-refractivity contribution is 8.23. The Kier molecular flexibility index (Phi) is 6.79. The average molecular weight is 362 g/mol. The molecular weight excluding hydrogens is 342 g/mol. The monoisotopic (exact) mass is 361 g/mol. The molecule has 1 aromatic rings. The largest absolute Gasteiger partial charge is 0.364 e. The molecule has 0 saturated carbocycles. The van der Waals surface area contributed by atoms with Crippen LogP contribution >= 0.6 is 24.0 Å². The van der Waals surface area contributed by atoms with E-state index < -0.39 is 10.0 Å². The van der Waals surface area contributed by atoms with Gasteiger partial charge in [0.25, 0.3) is 0 Å². The van der Waals surface area contributed by atoms with Gasteiger partial charge >= 0.3 is 0 Å². The topological polar surface area (TPSA) is 69.7 Å². The van der Waals surface area contributed by atoms with Crippen molar-refractivity contribution in [3.8, 4) is 0 Å². The fraction of sp³-hybridized carbons (Fsp3) is 0.385. The van der Waals surface area contributed by atoms with Crippen molar-refractivity contribution in [2.24, 2.45) is 0 Å². The number of thioether (sulfide) groups is 1. The molecule has 0 aliphatic carbocycles. The number of nitrogens with zero attached hydrogens (tertiary/aromatic N) is 2. The number of nitrogens with one attached hydrogen (secondary N) is 1. The van der Waals surface area contributed by atoms with Gasteiger partial charge in [-0.2, -0.15) is 0 Å². The summed E-state index contributed by atoms with van der Waals surface area (Å²) in [6, 6.07) is 6.04. The first-order valence-corrected chi connectivity index (χ1v) is 9.14. The van der Waals surface area contributed by atoms with E-state index in [0.717, 1.165) is 4.31 Å². The van der Waals surface area contributed by atoms with Crippen molar-refractivity contribution in [2.75, 3.05) is 39.3 Å². The smallest absolute Gasteiger partial charge is 0.242 e. The van der Waals surface area contributed by atoms with Gasteiger partial charge in [-0.3, -0.25) is 4.79 Å². The number of sulfonamides is 1. The molecule has 0 radical (unpaired) electrons. The Morgan fingerprint density at radius 1 is 1.18 bits per heavy atom. The Morgan fingerprint density at radius 3 is 2.18 bits per heavy atom. The predicted molar refractivity (Wildman–Crippen MR) is 94.7 cm³/mol. The van der Waals surface area contributed by atoms with Crippen LogP contribution in [0.3, 0.4) is 0 Å². The molecule has 0 heterocycles. The normalized spacial score (nSPS) is 11.3. The lowest BCUT2D eigenvalue weighted by molar-refractivity contribution is -0.113. The highest BCUT2D eigenvalue weighted by atomic mass is 32.2. The quantitative estimate of drug-likeness (QED) is 0.801. The summed E-state index contributed by atoms with van der Waals surface area (Å²) in [5.41, 5.74) is 0.541. The number of benzene rings is 1. The van der Waals surface area contributed by atoms with E-state index in [9.17, 15) is 13.2 Å². The number of carbonyl (C=O) groups is 1. The van der Waals surface area contributed by atoms with Crippen molar-refractivity contribution >= 4 is 49.9 Å². The minimum Gasteiger partial charge on any atom is -0.364 e. The number of carbonyl (C=O) groups excluding carboxylic acids is 1. The number of hydrogen-bond donors (Lipinski definition) is 1. The third-order valence-electron chi connectivity index (χ3n) is 2.61. The molecule has 1 amide bonds. The summed E-state index contributed by atoms with van der Waals surface area (Å²) in [6.45, 7) is 0. The van der Waals surface area contributed by atoms with E-state index in [2.05, 4.69) is 5.32 Å². The van der Waals surface area contributed by atoms with Gasteiger partial charge in [-0.15, -0.1) is 0 Å². The maximum atomic E-state index is 11.9. The average Bonchev–Trinajstić information content (AvgIpc) is 2.45. The van der Waals surface area contributed by atoms with Crippen LogP contribution < -0.4 is 5.32 Å². The van der Waals surface area contributed by atoms with Gasteiger partial charge < -0.3 is 10.2 Å². The van der Waals surface area contributed by atoms with Crippen LogP contribution in [0.25, 0.3) is 0 Å². The Balaban J connectivity index is 2.65. The zero-order valence-electron chi connectivity index (χ0n) is 12.9. The number of amides is 1. The molecule has 1 aromatic carbocycles. The van der Waals surface area contributed by atoms with Gasteiger partial charge in [0.1, 0.15) is 4.32 Å². The highest BCUT2D eigenvalue weighted by Gasteiger charge is 2.16. The number of hydrogen-bond acceptors (Lipinski definition) is 5. The Bertz CT molecular complexity index is 640. The molecule has 0 aliphatic rings. The summed E-state index contributed by atoms with van der Waals surface area (Å²) in [6.07, 6.45) is 0. The van der Waals surface area contributed by atoms with Crippen LogP contribution in [0.2, 0.25) is 0 Å². The van der Waals surface area contributed by atoms with E-state index in [0.29, 0.717) is 10.0 Å². The van der Waals surface area contributed by atoms with E-state index >= 15 is 0 Å². The van der Waals surface area contributed by atoms with Gasteiger partial charge in [0, 0.05) is 33.9 Å². The summed E-state index contributed by atoms with van der Waals surface area (Å²) < 4.78 is 25.6. The van der Waals surface area contributed by atoms with Gasteiger partial charge in [-0.05, 0) is 24.3 Å². The number of anilines is 1. The minimum atomic E-state index is -3.46. The van der Waals surface area contributed by atoms with E-state index in [1.807, 2.05) is 14.1 Å². The lowest BCUT2D eigenvalue weighted by Crippen LogP contribution is -2.22. The third kappa shape index (κ3) is 5.24. The summed E-state index contributed by atoms with van der Waals surface area (Å²) in [7, 11) is 3.11. The molecule has 22 heavy (non-hydrogen) atoms. The lowest BCUT2D eigenvalue weighted by Gasteiger charge is -2.13. The molecule has 0 aromatic heterocycles. The van der Waals surface area contributed by atoms with Gasteiger partial charge in [0.15, 0.2) is 0 Å². The van der Waals surface area contributed by atoms with Crippen LogP contribution in [-0.4, -0.2) is 61.8 Å². The molecule has 0 atom stereocenters. The molecule has 0 saturated heterocycles. The van der Waals surface area contributed by atoms with Gasteiger partial charge in [-0.1, -0.05) is 24.0 Å². The Labute approximate surface area is 140 Å². The van der Waals surface area contributed by atoms with Crippen LogP contribution in [0.5, 0.6) is 0 Å². The Morgan fingerprint density at radius 2 is 1.73 bits per heavy atom. The van der Waals surface area contributed by atoms with Crippen molar-refractivity contribution in [2.45, 2.75) is 4.90 Å². The second-order valence-corrected chi connectivity index (χ2v) is 8.57. The predicted octanol–water partition coefficient (Wildman–Crippen LogP) is 1.46. The molecular formula is C13H19N3O3S3. The highest BCUT2D eigenvalue weighted by Crippen LogP contribution is 2.17. The summed E-state index contributed by atoms with van der Waals surface area (Å²) in [4.78, 5) is 13.7. The van der Waals surface area contributed by atoms with Crippen molar-refractivity contribution in [1.29, 1.82) is 0 Å². The van der Waals surface area contributed by atoms with E-state index in [1.165, 1.54) is 38.0 Å². The van der Waals surface area contributed by atoms with Gasteiger partial charge in [0.2, 0.25) is 15.9 Å². The number of rotatable bonds is 5. The molecule has 0 spiro atoms. The van der Waals surface area contributed by atoms with Crippen molar-refractivity contribution in [3.63, 3.8) is 0 Å². The molecule has 0 bridgehead atoms. The van der Waals surface area contributed by atoms with Crippen LogP contribution in [0.4, 0.5) is 5.69 Å². The first-order valence-electron chi connectivity index (χ1n) is 6.31. The Hall–Kier alpha value is -1.16. The third-order valence-corrected chi connectivity index (χ3v) is 6.18. The molecule has 0 aliphatic heterocycles. The molecule has 9 heteroatoms. The van der Waals surface area contributed by atoms with Crippen LogP contribution in [0.1, 0.15) is 0 Å². The SMILES string of the molecule is CN(C)C(=S)SCC(=O)Nc1ccc(S(=O)(=O)N(C)C)cc1. The maximum Gasteiger partial charge on any atom is 0.242 e. The molecule has 0 unspecified atom stereocenters. The first-order chi connectivity index (χ1) is 10.1. The maximum absolute atomic E-state index is 11.9. The van der Waals surface area contributed by atoms with Gasteiger partial charge in [-0.25, -0.2) is 12.7 Å². The minimum absolute atomic E-state index is 0.179. The lowest BCUT2D eigenvalue weighted by atomic mass is 10.3. The van der Waals surface area contributed by atoms with Crippen LogP contribution in [0, 0.1) is 0 Å². The fourth-order valence-electron chi connectivity index (χ4n) is 1.37. The molecule has 6 nitrogen and oxygen atoms in total. The summed E-state index contributed by atoms with van der Waals surface area (Å²) in [5.74, 6) is 0.00630. The zero-order chi connectivity index (χ0) is 16.9. The summed E-state index contributed by atoms with van der Waals surface area (Å²) >= 11 is 6.35. The second kappa shape index (κ2) is 7.91. The number of thiocarbonyl (C=S) groups is 1. The van der Waals surface area contributed by atoms with Crippen LogP contribution in [0.15, 0.2) is 29.2 Å². The summed E-state index contributed by atoms with van der Waals surface area (Å²) in [5, 5.41) is 2.70. The molecule has 122 valence electrons. The van der Waals surface area contributed by atoms with Crippen LogP contribution in [-0.2, 0) is 14.8 Å². The van der Waals surface area contributed by atoms with E-state index in [-0.39, 0.29) is 16.6 Å². The van der Waals surface area contributed by atoms with E-state index in [4.69, 9.17) is 12.2 Å². The molecule has 0 fully saturated rings. The van der Waals surface area contributed by atoms with E-state index in [1.54, 1.807) is 17.0 Å². The molecule has 1 N–H and O–H groups in total. The second-order valence-electron chi connectivity index (χ2n) is 4.81. The van der Waals surface area contributed by atoms with Crippen molar-refractivity contribution in [1.82, 2.24) is 9.21 Å². The molecule has 1 rings (SSSR count). The van der Waals surface area contributed by atoms with Crippen molar-refractivity contribution in [3.05, 3.63) is 24.3 Å².